The summed E-state index contributed by atoms with van der Waals surface area (Å²) in [4.78, 5) is 30.6. The number of carbonyl (C=O) groups excluding carboxylic acids is 1. The van der Waals surface area contributed by atoms with Gasteiger partial charge in [-0.05, 0) is 55.0 Å². The minimum atomic E-state index is -0.786. The molecule has 180 valence electrons. The average Bonchev–Trinajstić information content (AvgIpc) is 3.50. The predicted molar refractivity (Wildman–Crippen MR) is 134 cm³/mol. The van der Waals surface area contributed by atoms with E-state index in [-0.39, 0.29) is 17.8 Å². The van der Waals surface area contributed by atoms with Gasteiger partial charge in [0, 0.05) is 23.8 Å². The lowest BCUT2D eigenvalue weighted by molar-refractivity contribution is 0.0946. The van der Waals surface area contributed by atoms with Crippen molar-refractivity contribution < 1.29 is 9.90 Å². The Morgan fingerprint density at radius 2 is 1.83 bits per heavy atom. The Labute approximate surface area is 203 Å². The maximum Gasteiger partial charge on any atom is 0.276 e. The van der Waals surface area contributed by atoms with Gasteiger partial charge < -0.3 is 15.0 Å². The SMILES string of the molecule is C=C/C1=C(\C=C)CNC(=O)c2nn(cc(O)c2=O)CC2(CCCC2)n2ccc3ccc(nc32)CC1. The molecule has 1 aliphatic carbocycles. The van der Waals surface area contributed by atoms with Crippen LogP contribution in [0.1, 0.15) is 48.3 Å². The number of rotatable bonds is 2. The van der Waals surface area contributed by atoms with Crippen molar-refractivity contribution in [1.82, 2.24) is 24.6 Å². The van der Waals surface area contributed by atoms with E-state index in [1.807, 2.05) is 0 Å². The fourth-order valence-corrected chi connectivity index (χ4v) is 5.36. The summed E-state index contributed by atoms with van der Waals surface area (Å²) in [7, 11) is 0. The van der Waals surface area contributed by atoms with Crippen LogP contribution < -0.4 is 10.7 Å². The fraction of sp³-hybridized carbons (Fsp3) is 0.333. The molecule has 0 atom stereocenters. The highest BCUT2D eigenvalue weighted by atomic mass is 16.3. The summed E-state index contributed by atoms with van der Waals surface area (Å²) in [5, 5.41) is 18.6. The van der Waals surface area contributed by atoms with Gasteiger partial charge in [0.1, 0.15) is 5.65 Å². The number of carbonyl (C=O) groups is 1. The van der Waals surface area contributed by atoms with Gasteiger partial charge >= 0.3 is 0 Å². The number of aryl methyl sites for hydroxylation is 1. The number of amides is 1. The highest BCUT2D eigenvalue weighted by molar-refractivity contribution is 5.92. The minimum Gasteiger partial charge on any atom is -0.503 e. The van der Waals surface area contributed by atoms with Gasteiger partial charge in [-0.1, -0.05) is 38.2 Å². The third kappa shape index (κ3) is 4.09. The molecule has 8 nitrogen and oxygen atoms in total. The number of aromatic hydroxyl groups is 1. The average molecular weight is 472 g/mol. The standard InChI is InChI=1S/C27H29N5O3/c1-3-18-7-9-21-10-8-20-11-14-32(25(20)29-21)27(12-5-6-13-27)17-31-16-22(33)24(34)23(30-31)26(35)28-15-19(18)4-2/h3-4,8,10-11,14,16,33H,1-2,5-7,9,12-13,15,17H2,(H,28,35)/b19-18-. The van der Waals surface area contributed by atoms with Crippen LogP contribution in [0.2, 0.25) is 0 Å². The molecule has 1 amide bonds. The first-order valence-electron chi connectivity index (χ1n) is 12.0. The molecule has 2 N–H and O–H groups in total. The number of aromatic nitrogens is 4. The van der Waals surface area contributed by atoms with Crippen LogP contribution in [0.5, 0.6) is 5.75 Å². The molecule has 4 bridgehead atoms. The molecular weight excluding hydrogens is 442 g/mol. The monoisotopic (exact) mass is 471 g/mol. The second kappa shape index (κ2) is 9.02. The maximum absolute atomic E-state index is 13.0. The van der Waals surface area contributed by atoms with E-state index in [0.717, 1.165) is 53.6 Å². The molecule has 3 aromatic rings. The minimum absolute atomic E-state index is 0.166. The van der Waals surface area contributed by atoms with Crippen molar-refractivity contribution in [3.63, 3.8) is 0 Å². The lowest BCUT2D eigenvalue weighted by Gasteiger charge is -2.32. The third-order valence-electron chi connectivity index (χ3n) is 7.25. The quantitative estimate of drug-likeness (QED) is 0.595. The molecule has 2 aliphatic rings. The van der Waals surface area contributed by atoms with Crippen LogP contribution in [0.4, 0.5) is 0 Å². The molecule has 4 heterocycles. The molecule has 0 aromatic carbocycles. The van der Waals surface area contributed by atoms with E-state index in [4.69, 9.17) is 4.98 Å². The van der Waals surface area contributed by atoms with Crippen molar-refractivity contribution in [2.24, 2.45) is 0 Å². The topological polar surface area (TPSA) is 102 Å². The van der Waals surface area contributed by atoms with Gasteiger partial charge in [0.25, 0.3) is 11.3 Å². The summed E-state index contributed by atoms with van der Waals surface area (Å²) >= 11 is 0. The lowest BCUT2D eigenvalue weighted by Crippen LogP contribution is -2.38. The number of fused-ring (bicyclic) bond motifs is 4. The molecule has 1 saturated carbocycles. The van der Waals surface area contributed by atoms with E-state index in [1.165, 1.54) is 10.9 Å². The number of nitrogens with zero attached hydrogens (tertiary/aromatic N) is 4. The second-order valence-electron chi connectivity index (χ2n) is 9.36. The van der Waals surface area contributed by atoms with Gasteiger partial charge in [-0.15, -0.1) is 0 Å². The van der Waals surface area contributed by atoms with Crippen LogP contribution in [0.25, 0.3) is 11.0 Å². The molecule has 0 radical (unpaired) electrons. The maximum atomic E-state index is 13.0. The highest BCUT2D eigenvalue weighted by Gasteiger charge is 2.38. The van der Waals surface area contributed by atoms with Crippen LogP contribution in [-0.4, -0.2) is 36.9 Å². The zero-order chi connectivity index (χ0) is 24.6. The first kappa shape index (κ1) is 22.8. The summed E-state index contributed by atoms with van der Waals surface area (Å²) in [6.45, 7) is 8.39. The van der Waals surface area contributed by atoms with E-state index < -0.39 is 17.1 Å². The Bertz CT molecular complexity index is 1420. The molecule has 0 saturated heterocycles. The van der Waals surface area contributed by atoms with E-state index in [0.29, 0.717) is 19.4 Å². The molecule has 1 spiro atoms. The normalized spacial score (nSPS) is 20.3. The molecular formula is C27H29N5O3. The van der Waals surface area contributed by atoms with Crippen LogP contribution in [0.15, 0.2) is 71.8 Å². The Balaban J connectivity index is 1.70. The van der Waals surface area contributed by atoms with Crippen LogP contribution in [-0.2, 0) is 18.5 Å². The summed E-state index contributed by atoms with van der Waals surface area (Å²) in [5.74, 6) is -1.13. The molecule has 5 rings (SSSR count). The van der Waals surface area contributed by atoms with Crippen LogP contribution >= 0.6 is 0 Å². The van der Waals surface area contributed by atoms with Gasteiger partial charge in [-0.25, -0.2) is 4.98 Å². The molecule has 0 unspecified atom stereocenters. The Morgan fingerprint density at radius 3 is 2.57 bits per heavy atom. The van der Waals surface area contributed by atoms with E-state index in [1.54, 1.807) is 12.2 Å². The highest BCUT2D eigenvalue weighted by Crippen LogP contribution is 2.40. The van der Waals surface area contributed by atoms with Crippen molar-refractivity contribution in [1.29, 1.82) is 0 Å². The van der Waals surface area contributed by atoms with Gasteiger partial charge in [-0.3, -0.25) is 14.3 Å². The molecule has 8 heteroatoms. The third-order valence-corrected chi connectivity index (χ3v) is 7.25. The zero-order valence-corrected chi connectivity index (χ0v) is 19.7. The molecule has 35 heavy (non-hydrogen) atoms. The number of nitrogens with one attached hydrogen (secondary N) is 1. The lowest BCUT2D eigenvalue weighted by atomic mass is 9.97. The number of hydrogen-bond acceptors (Lipinski definition) is 5. The predicted octanol–water partition coefficient (Wildman–Crippen LogP) is 3.61. The van der Waals surface area contributed by atoms with E-state index in [2.05, 4.69) is 52.5 Å². The van der Waals surface area contributed by atoms with E-state index in [9.17, 15) is 14.7 Å². The van der Waals surface area contributed by atoms with Crippen molar-refractivity contribution in [2.75, 3.05) is 6.54 Å². The van der Waals surface area contributed by atoms with Crippen molar-refractivity contribution in [2.45, 2.75) is 50.6 Å². The summed E-state index contributed by atoms with van der Waals surface area (Å²) < 4.78 is 3.75. The van der Waals surface area contributed by atoms with Crippen molar-refractivity contribution in [3.8, 4) is 5.75 Å². The summed E-state index contributed by atoms with van der Waals surface area (Å²) in [5.41, 5.74) is 2.19. The number of allylic oxidation sites excluding steroid dienone is 2. The first-order chi connectivity index (χ1) is 16.9. The zero-order valence-electron chi connectivity index (χ0n) is 19.7. The van der Waals surface area contributed by atoms with E-state index >= 15 is 0 Å². The summed E-state index contributed by atoms with van der Waals surface area (Å²) in [6.07, 6.45) is 12.1. The fourth-order valence-electron chi connectivity index (χ4n) is 5.36. The number of pyridine rings is 1. The van der Waals surface area contributed by atoms with Gasteiger partial charge in [0.15, 0.2) is 11.4 Å². The van der Waals surface area contributed by atoms with Gasteiger partial charge in [0.05, 0.1) is 18.3 Å². The number of hydrogen-bond donors (Lipinski definition) is 2. The summed E-state index contributed by atoms with van der Waals surface area (Å²) in [6, 6.07) is 6.23. The molecule has 3 aromatic heterocycles. The molecule has 1 aliphatic heterocycles. The Kier molecular flexibility index (Phi) is 5.88. The Morgan fingerprint density at radius 1 is 1.06 bits per heavy atom. The largest absolute Gasteiger partial charge is 0.503 e. The second-order valence-corrected chi connectivity index (χ2v) is 9.36. The molecule has 1 fully saturated rings. The van der Waals surface area contributed by atoms with Crippen molar-refractivity contribution in [3.05, 3.63) is 88.7 Å². The van der Waals surface area contributed by atoms with Gasteiger partial charge in [0.2, 0.25) is 0 Å². The Hall–Kier alpha value is -3.94. The van der Waals surface area contributed by atoms with Gasteiger partial charge in [-0.2, -0.15) is 5.10 Å². The smallest absolute Gasteiger partial charge is 0.276 e. The van der Waals surface area contributed by atoms with Crippen molar-refractivity contribution >= 4 is 16.9 Å². The van der Waals surface area contributed by atoms with Crippen LogP contribution in [0.3, 0.4) is 0 Å². The first-order valence-corrected chi connectivity index (χ1v) is 12.0. The van der Waals surface area contributed by atoms with Crippen LogP contribution in [0, 0.1) is 0 Å².